The maximum absolute atomic E-state index is 12.7. The number of carbonyl (C=O) groups is 4. The normalized spacial score (nSPS) is 17.6. The van der Waals surface area contributed by atoms with Crippen molar-refractivity contribution in [2.45, 2.75) is 37.5 Å². The first-order valence-electron chi connectivity index (χ1n) is 8.61. The van der Waals surface area contributed by atoms with Gasteiger partial charge in [-0.3, -0.25) is 14.4 Å². The zero-order chi connectivity index (χ0) is 19.4. The van der Waals surface area contributed by atoms with Gasteiger partial charge in [-0.1, -0.05) is 30.0 Å². The molecule has 2 aromatic rings. The van der Waals surface area contributed by atoms with Crippen molar-refractivity contribution in [3.63, 3.8) is 0 Å². The van der Waals surface area contributed by atoms with Crippen molar-refractivity contribution < 1.29 is 28.3 Å². The van der Waals surface area contributed by atoms with Crippen LogP contribution in [0.3, 0.4) is 0 Å². The van der Waals surface area contributed by atoms with Crippen LogP contribution >= 0.6 is 11.8 Å². The first-order valence-corrected chi connectivity index (χ1v) is 9.49. The molecule has 0 amide bonds. The smallest absolute Gasteiger partial charge is 0.330 e. The van der Waals surface area contributed by atoms with Gasteiger partial charge in [0.05, 0.1) is 5.56 Å². The Labute approximate surface area is 159 Å². The van der Waals surface area contributed by atoms with Crippen molar-refractivity contribution in [3.05, 3.63) is 36.1 Å². The predicted molar refractivity (Wildman–Crippen MR) is 99.3 cm³/mol. The Kier molecular flexibility index (Phi) is 6.08. The lowest BCUT2D eigenvalue weighted by atomic mass is 10.1. The van der Waals surface area contributed by atoms with Crippen LogP contribution in [0.4, 0.5) is 0 Å². The molecule has 0 radical (unpaired) electrons. The van der Waals surface area contributed by atoms with E-state index in [2.05, 4.69) is 5.32 Å². The Morgan fingerprint density at radius 1 is 1.30 bits per heavy atom. The molecule has 0 bridgehead atoms. The van der Waals surface area contributed by atoms with E-state index in [-0.39, 0.29) is 17.3 Å². The van der Waals surface area contributed by atoms with Gasteiger partial charge in [0.25, 0.3) is 0 Å². The largest absolute Gasteiger partial charge is 0.464 e. The summed E-state index contributed by atoms with van der Waals surface area (Å²) in [4.78, 5) is 48.6. The zero-order valence-corrected chi connectivity index (χ0v) is 15.5. The number of carbonyl (C=O) groups excluding carboxylic acids is 4. The number of ether oxygens (including phenoxy) is 1. The van der Waals surface area contributed by atoms with E-state index in [4.69, 9.17) is 9.15 Å². The van der Waals surface area contributed by atoms with Crippen LogP contribution in [-0.4, -0.2) is 40.7 Å². The number of esters is 2. The minimum Gasteiger partial charge on any atom is -0.464 e. The van der Waals surface area contributed by atoms with Crippen LogP contribution in [0.2, 0.25) is 0 Å². The molecule has 1 aromatic carbocycles. The van der Waals surface area contributed by atoms with E-state index in [0.29, 0.717) is 41.3 Å². The van der Waals surface area contributed by atoms with Crippen molar-refractivity contribution >= 4 is 45.6 Å². The quantitative estimate of drug-likeness (QED) is 0.457. The SMILES string of the molecule is CC(=O)SC(CC(=O)c1coc2ccccc12)C(=O)OC(=O)[C@@H]1CCCN1. The lowest BCUT2D eigenvalue weighted by Gasteiger charge is -2.14. The Morgan fingerprint density at radius 2 is 2.07 bits per heavy atom. The predicted octanol–water partition coefficient (Wildman–Crippen LogP) is 2.48. The molecule has 0 spiro atoms. The summed E-state index contributed by atoms with van der Waals surface area (Å²) in [5.41, 5.74) is 0.887. The molecule has 1 aliphatic rings. The highest BCUT2D eigenvalue weighted by molar-refractivity contribution is 8.14. The van der Waals surface area contributed by atoms with Gasteiger partial charge in [0, 0.05) is 18.7 Å². The minimum absolute atomic E-state index is 0.266. The van der Waals surface area contributed by atoms with Gasteiger partial charge in [0.1, 0.15) is 23.1 Å². The van der Waals surface area contributed by atoms with Gasteiger partial charge in [0.15, 0.2) is 10.9 Å². The van der Waals surface area contributed by atoms with E-state index in [1.165, 1.54) is 13.2 Å². The monoisotopic (exact) mass is 389 g/mol. The third kappa shape index (κ3) is 4.64. The number of hydrogen-bond acceptors (Lipinski definition) is 8. The van der Waals surface area contributed by atoms with Crippen LogP contribution in [-0.2, 0) is 19.1 Å². The molecule has 27 heavy (non-hydrogen) atoms. The fourth-order valence-corrected chi connectivity index (χ4v) is 3.75. The number of furan rings is 1. The summed E-state index contributed by atoms with van der Waals surface area (Å²) in [6, 6.07) is 6.51. The van der Waals surface area contributed by atoms with Crippen molar-refractivity contribution in [2.75, 3.05) is 6.54 Å². The number of thioether (sulfide) groups is 1. The number of rotatable bonds is 6. The summed E-state index contributed by atoms with van der Waals surface area (Å²) in [5, 5.41) is 2.15. The molecule has 0 aliphatic carbocycles. The van der Waals surface area contributed by atoms with Gasteiger partial charge in [-0.2, -0.15) is 0 Å². The number of benzene rings is 1. The lowest BCUT2D eigenvalue weighted by molar-refractivity contribution is -0.160. The fourth-order valence-electron chi connectivity index (χ4n) is 2.97. The first kappa shape index (κ1) is 19.3. The van der Waals surface area contributed by atoms with Crippen LogP contribution in [0.15, 0.2) is 34.9 Å². The highest BCUT2D eigenvalue weighted by Crippen LogP contribution is 2.26. The number of hydrogen-bond donors (Lipinski definition) is 1. The molecule has 2 heterocycles. The van der Waals surface area contributed by atoms with Gasteiger partial charge in [-0.15, -0.1) is 0 Å². The minimum atomic E-state index is -1.09. The van der Waals surface area contributed by atoms with Crippen molar-refractivity contribution in [1.82, 2.24) is 5.32 Å². The molecule has 0 saturated carbocycles. The summed E-state index contributed by atoms with van der Waals surface area (Å²) in [6.07, 6.45) is 2.49. The summed E-state index contributed by atoms with van der Waals surface area (Å²) in [6.45, 7) is 1.98. The second-order valence-corrected chi connectivity index (χ2v) is 7.64. The molecule has 8 heteroatoms. The zero-order valence-electron chi connectivity index (χ0n) is 14.7. The standard InChI is InChI=1S/C19H19NO6S/c1-11(21)27-17(19(24)26-18(23)14-6-4-8-20-14)9-15(22)13-10-25-16-7-3-2-5-12(13)16/h2-3,5,7,10,14,17,20H,4,6,8-9H2,1H3/t14-,17?/m0/s1. The van der Waals surface area contributed by atoms with Gasteiger partial charge < -0.3 is 14.5 Å². The molecule has 1 saturated heterocycles. The van der Waals surface area contributed by atoms with Crippen LogP contribution in [0, 0.1) is 0 Å². The van der Waals surface area contributed by atoms with Gasteiger partial charge in [0.2, 0.25) is 0 Å². The Morgan fingerprint density at radius 3 is 2.78 bits per heavy atom. The summed E-state index contributed by atoms with van der Waals surface area (Å²) in [7, 11) is 0. The van der Waals surface area contributed by atoms with E-state index in [9.17, 15) is 19.2 Å². The maximum atomic E-state index is 12.7. The second-order valence-electron chi connectivity index (χ2n) is 6.26. The van der Waals surface area contributed by atoms with Gasteiger partial charge in [-0.05, 0) is 25.5 Å². The Balaban J connectivity index is 1.72. The first-order chi connectivity index (χ1) is 13.0. The number of nitrogens with one attached hydrogen (secondary N) is 1. The van der Waals surface area contributed by atoms with Crippen LogP contribution in [0.25, 0.3) is 11.0 Å². The lowest BCUT2D eigenvalue weighted by Crippen LogP contribution is -2.36. The molecule has 7 nitrogen and oxygen atoms in total. The molecule has 1 fully saturated rings. The summed E-state index contributed by atoms with van der Waals surface area (Å²) >= 11 is 0.686. The molecular weight excluding hydrogens is 370 g/mol. The summed E-state index contributed by atoms with van der Waals surface area (Å²) in [5.74, 6) is -1.91. The van der Waals surface area contributed by atoms with Crippen molar-refractivity contribution in [1.29, 1.82) is 0 Å². The molecular formula is C19H19NO6S. The Hall–Kier alpha value is -2.45. The fraction of sp³-hybridized carbons (Fsp3) is 0.368. The number of fused-ring (bicyclic) bond motifs is 1. The van der Waals surface area contributed by atoms with Crippen molar-refractivity contribution in [2.24, 2.45) is 0 Å². The van der Waals surface area contributed by atoms with E-state index in [1.54, 1.807) is 24.3 Å². The molecule has 1 unspecified atom stereocenters. The van der Waals surface area contributed by atoms with Crippen LogP contribution in [0.1, 0.15) is 36.5 Å². The van der Waals surface area contributed by atoms with E-state index >= 15 is 0 Å². The average molecular weight is 389 g/mol. The third-order valence-electron chi connectivity index (χ3n) is 4.27. The summed E-state index contributed by atoms with van der Waals surface area (Å²) < 4.78 is 10.3. The third-order valence-corrected chi connectivity index (χ3v) is 5.24. The van der Waals surface area contributed by atoms with Crippen LogP contribution in [0.5, 0.6) is 0 Å². The number of para-hydroxylation sites is 1. The van der Waals surface area contributed by atoms with Gasteiger partial charge >= 0.3 is 11.9 Å². The highest BCUT2D eigenvalue weighted by Gasteiger charge is 2.32. The molecule has 1 N–H and O–H groups in total. The van der Waals surface area contributed by atoms with E-state index in [1.807, 2.05) is 0 Å². The molecule has 1 aromatic heterocycles. The average Bonchev–Trinajstić information content (AvgIpc) is 3.30. The van der Waals surface area contributed by atoms with E-state index < -0.39 is 23.2 Å². The molecule has 2 atom stereocenters. The van der Waals surface area contributed by atoms with Crippen LogP contribution < -0.4 is 5.32 Å². The molecule has 142 valence electrons. The topological polar surface area (TPSA) is 103 Å². The Bertz CT molecular complexity index is 883. The highest BCUT2D eigenvalue weighted by atomic mass is 32.2. The van der Waals surface area contributed by atoms with Gasteiger partial charge in [-0.25, -0.2) is 4.79 Å². The van der Waals surface area contributed by atoms with Crippen molar-refractivity contribution in [3.8, 4) is 0 Å². The second kappa shape index (κ2) is 8.49. The number of Topliss-reactive ketones (excluding diaryl/α,β-unsaturated/α-hetero) is 1. The van der Waals surface area contributed by atoms with E-state index in [0.717, 1.165) is 6.42 Å². The molecule has 1 aliphatic heterocycles. The maximum Gasteiger partial charge on any atom is 0.330 e. The molecule has 3 rings (SSSR count). The number of ketones is 1.